The van der Waals surface area contributed by atoms with Crippen molar-refractivity contribution < 1.29 is 9.90 Å². The molecule has 1 rings (SSSR count). The Morgan fingerprint density at radius 3 is 2.67 bits per heavy atom. The number of likely N-dealkylation sites (N-methyl/N-ethyl adjacent to an activating group) is 1. The first kappa shape index (κ1) is 12.5. The van der Waals surface area contributed by atoms with Crippen LogP contribution >= 0.6 is 0 Å². The van der Waals surface area contributed by atoms with Crippen molar-refractivity contribution in [2.24, 2.45) is 0 Å². The highest BCUT2D eigenvalue weighted by Gasteiger charge is 2.26. The summed E-state index contributed by atoms with van der Waals surface area (Å²) >= 11 is 0. The average Bonchev–Trinajstić information content (AvgIpc) is 2.67. The van der Waals surface area contributed by atoms with Gasteiger partial charge in [0, 0.05) is 19.1 Å². The van der Waals surface area contributed by atoms with E-state index < -0.39 is 0 Å². The molecule has 4 nitrogen and oxygen atoms in total. The van der Waals surface area contributed by atoms with Gasteiger partial charge in [0.1, 0.15) is 0 Å². The first-order chi connectivity index (χ1) is 7.22. The summed E-state index contributed by atoms with van der Waals surface area (Å²) in [7, 11) is 0. The SMILES string of the molecule is CCN(CC)C(=O)CN1CCCC1CO. The number of rotatable bonds is 5. The van der Waals surface area contributed by atoms with Gasteiger partial charge in [-0.25, -0.2) is 0 Å². The summed E-state index contributed by atoms with van der Waals surface area (Å²) in [5, 5.41) is 9.14. The molecule has 0 aromatic heterocycles. The highest BCUT2D eigenvalue weighted by molar-refractivity contribution is 5.78. The Hall–Kier alpha value is -0.610. The van der Waals surface area contributed by atoms with Crippen LogP contribution in [0, 0.1) is 0 Å². The van der Waals surface area contributed by atoms with E-state index in [1.54, 1.807) is 0 Å². The summed E-state index contributed by atoms with van der Waals surface area (Å²) < 4.78 is 0. The molecule has 0 aromatic rings. The van der Waals surface area contributed by atoms with E-state index in [0.717, 1.165) is 32.5 Å². The van der Waals surface area contributed by atoms with Crippen molar-refractivity contribution >= 4 is 5.91 Å². The zero-order valence-corrected chi connectivity index (χ0v) is 9.78. The molecule has 1 saturated heterocycles. The summed E-state index contributed by atoms with van der Waals surface area (Å²) in [5.41, 5.74) is 0. The first-order valence-corrected chi connectivity index (χ1v) is 5.85. The van der Waals surface area contributed by atoms with E-state index in [0.29, 0.717) is 6.54 Å². The van der Waals surface area contributed by atoms with Gasteiger partial charge in [0.05, 0.1) is 13.2 Å². The normalized spacial score (nSPS) is 21.9. The van der Waals surface area contributed by atoms with Crippen LogP contribution in [0.3, 0.4) is 0 Å². The summed E-state index contributed by atoms with van der Waals surface area (Å²) in [5.74, 6) is 0.181. The van der Waals surface area contributed by atoms with E-state index in [1.807, 2.05) is 18.7 Å². The molecule has 4 heteroatoms. The van der Waals surface area contributed by atoms with Crippen molar-refractivity contribution in [1.82, 2.24) is 9.80 Å². The number of aliphatic hydroxyl groups is 1. The quantitative estimate of drug-likeness (QED) is 0.716. The van der Waals surface area contributed by atoms with Crippen LogP contribution in [-0.2, 0) is 4.79 Å². The van der Waals surface area contributed by atoms with Crippen molar-refractivity contribution in [2.75, 3.05) is 32.8 Å². The molecule has 1 heterocycles. The molecule has 1 N–H and O–H groups in total. The van der Waals surface area contributed by atoms with Gasteiger partial charge >= 0.3 is 0 Å². The molecule has 0 bridgehead atoms. The average molecular weight is 214 g/mol. The van der Waals surface area contributed by atoms with Gasteiger partial charge in [-0.3, -0.25) is 9.69 Å². The first-order valence-electron chi connectivity index (χ1n) is 5.85. The number of carbonyl (C=O) groups excluding carboxylic acids is 1. The number of nitrogens with zero attached hydrogens (tertiary/aromatic N) is 2. The molecule has 1 unspecified atom stereocenters. The van der Waals surface area contributed by atoms with Crippen molar-refractivity contribution in [2.45, 2.75) is 32.7 Å². The smallest absolute Gasteiger partial charge is 0.236 e. The number of hydrogen-bond acceptors (Lipinski definition) is 3. The Kier molecular flexibility index (Phi) is 5.05. The topological polar surface area (TPSA) is 43.8 Å². The molecule has 1 fully saturated rings. The van der Waals surface area contributed by atoms with Crippen LogP contribution < -0.4 is 0 Å². The second kappa shape index (κ2) is 6.08. The third kappa shape index (κ3) is 3.18. The monoisotopic (exact) mass is 214 g/mol. The van der Waals surface area contributed by atoms with Crippen LogP contribution in [0.25, 0.3) is 0 Å². The molecule has 88 valence electrons. The van der Waals surface area contributed by atoms with Gasteiger partial charge < -0.3 is 10.0 Å². The van der Waals surface area contributed by atoms with Gasteiger partial charge in [0.25, 0.3) is 0 Å². The fraction of sp³-hybridized carbons (Fsp3) is 0.909. The third-order valence-corrected chi connectivity index (χ3v) is 3.16. The molecule has 0 spiro atoms. The van der Waals surface area contributed by atoms with Crippen LogP contribution in [0.1, 0.15) is 26.7 Å². The van der Waals surface area contributed by atoms with Gasteiger partial charge in [-0.1, -0.05) is 0 Å². The van der Waals surface area contributed by atoms with Crippen LogP contribution in [0.4, 0.5) is 0 Å². The molecular weight excluding hydrogens is 192 g/mol. The highest BCUT2D eigenvalue weighted by Crippen LogP contribution is 2.16. The Morgan fingerprint density at radius 1 is 1.47 bits per heavy atom. The zero-order chi connectivity index (χ0) is 11.3. The van der Waals surface area contributed by atoms with Crippen LogP contribution in [-0.4, -0.2) is 59.6 Å². The van der Waals surface area contributed by atoms with Crippen molar-refractivity contribution in [3.8, 4) is 0 Å². The van der Waals surface area contributed by atoms with Gasteiger partial charge in [-0.05, 0) is 33.2 Å². The Balaban J connectivity index is 2.42. The van der Waals surface area contributed by atoms with Crippen molar-refractivity contribution in [3.63, 3.8) is 0 Å². The zero-order valence-electron chi connectivity index (χ0n) is 9.78. The molecule has 1 amide bonds. The van der Waals surface area contributed by atoms with Crippen molar-refractivity contribution in [1.29, 1.82) is 0 Å². The standard InChI is InChI=1S/C11H22N2O2/c1-3-12(4-2)11(15)8-13-7-5-6-10(13)9-14/h10,14H,3-9H2,1-2H3. The number of likely N-dealkylation sites (tertiary alicyclic amines) is 1. The number of hydrogen-bond donors (Lipinski definition) is 1. The molecule has 0 saturated carbocycles. The predicted molar refractivity (Wildman–Crippen MR) is 59.6 cm³/mol. The summed E-state index contributed by atoms with van der Waals surface area (Å²) in [6.07, 6.45) is 2.11. The second-order valence-electron chi connectivity index (χ2n) is 4.02. The van der Waals surface area contributed by atoms with E-state index >= 15 is 0 Å². The maximum Gasteiger partial charge on any atom is 0.236 e. The second-order valence-corrected chi connectivity index (χ2v) is 4.02. The molecular formula is C11H22N2O2. The fourth-order valence-electron chi connectivity index (χ4n) is 2.16. The van der Waals surface area contributed by atoms with E-state index in [4.69, 9.17) is 5.11 Å². The lowest BCUT2D eigenvalue weighted by atomic mass is 10.2. The van der Waals surface area contributed by atoms with Crippen molar-refractivity contribution in [3.05, 3.63) is 0 Å². The number of amides is 1. The number of aliphatic hydroxyl groups excluding tert-OH is 1. The van der Waals surface area contributed by atoms with Gasteiger partial charge in [-0.2, -0.15) is 0 Å². The molecule has 0 aromatic carbocycles. The minimum Gasteiger partial charge on any atom is -0.395 e. The lowest BCUT2D eigenvalue weighted by Crippen LogP contribution is -2.43. The fourth-order valence-corrected chi connectivity index (χ4v) is 2.16. The minimum absolute atomic E-state index is 0.172. The lowest BCUT2D eigenvalue weighted by Gasteiger charge is -2.26. The molecule has 1 aliphatic rings. The molecule has 1 aliphatic heterocycles. The molecule has 0 aliphatic carbocycles. The molecule has 1 atom stereocenters. The number of carbonyl (C=O) groups is 1. The highest BCUT2D eigenvalue weighted by atomic mass is 16.3. The Bertz CT molecular complexity index is 205. The minimum atomic E-state index is 0.172. The maximum absolute atomic E-state index is 11.8. The van der Waals surface area contributed by atoms with Crippen LogP contribution in [0.15, 0.2) is 0 Å². The van der Waals surface area contributed by atoms with Gasteiger partial charge in [-0.15, -0.1) is 0 Å². The molecule has 0 radical (unpaired) electrons. The summed E-state index contributed by atoms with van der Waals surface area (Å²) in [6, 6.07) is 0.199. The van der Waals surface area contributed by atoms with Gasteiger partial charge in [0.15, 0.2) is 0 Å². The Morgan fingerprint density at radius 2 is 2.13 bits per heavy atom. The summed E-state index contributed by atoms with van der Waals surface area (Å²) in [6.45, 7) is 7.11. The van der Waals surface area contributed by atoms with Gasteiger partial charge in [0.2, 0.25) is 5.91 Å². The lowest BCUT2D eigenvalue weighted by molar-refractivity contribution is -0.132. The van der Waals surface area contributed by atoms with Crippen LogP contribution in [0.2, 0.25) is 0 Å². The Labute approximate surface area is 91.9 Å². The van der Waals surface area contributed by atoms with E-state index in [-0.39, 0.29) is 18.6 Å². The largest absolute Gasteiger partial charge is 0.395 e. The van der Waals surface area contributed by atoms with E-state index in [9.17, 15) is 4.79 Å². The van der Waals surface area contributed by atoms with E-state index in [2.05, 4.69) is 4.90 Å². The maximum atomic E-state index is 11.8. The van der Waals surface area contributed by atoms with E-state index in [1.165, 1.54) is 0 Å². The predicted octanol–water partition coefficient (Wildman–Crippen LogP) is 0.311. The summed E-state index contributed by atoms with van der Waals surface area (Å²) in [4.78, 5) is 15.8. The molecule has 15 heavy (non-hydrogen) atoms. The van der Waals surface area contributed by atoms with Crippen LogP contribution in [0.5, 0.6) is 0 Å². The third-order valence-electron chi connectivity index (χ3n) is 3.16.